The van der Waals surface area contributed by atoms with Crippen molar-refractivity contribution in [2.24, 2.45) is 0 Å². The Kier molecular flexibility index (Phi) is 5.29. The molecule has 0 unspecified atom stereocenters. The number of amides is 2. The van der Waals surface area contributed by atoms with Gasteiger partial charge in [-0.05, 0) is 36.4 Å². The zero-order valence-corrected chi connectivity index (χ0v) is 17.4. The van der Waals surface area contributed by atoms with E-state index in [-0.39, 0.29) is 23.2 Å². The Labute approximate surface area is 178 Å². The first-order valence-electron chi connectivity index (χ1n) is 9.50. The average molecular weight is 417 g/mol. The van der Waals surface area contributed by atoms with Crippen LogP contribution in [0, 0.1) is 11.3 Å². The van der Waals surface area contributed by atoms with Crippen LogP contribution in [-0.2, 0) is 4.79 Å². The summed E-state index contributed by atoms with van der Waals surface area (Å²) in [6.45, 7) is 1.39. The van der Waals surface area contributed by atoms with Crippen LogP contribution >= 0.6 is 11.5 Å². The quantitative estimate of drug-likeness (QED) is 0.671. The number of nitrogens with zero attached hydrogens (tertiary/aromatic N) is 4. The first kappa shape index (κ1) is 19.7. The number of benzene rings is 1. The molecule has 8 heteroatoms. The SMILES string of the molecule is CC(=O)N(C)c1ncc(NC(=O)c2snc(-c3ccccc3)c2C2CC2)cc1C#N. The molecular weight excluding hydrogens is 398 g/mol. The van der Waals surface area contributed by atoms with Gasteiger partial charge in [-0.15, -0.1) is 0 Å². The highest BCUT2D eigenvalue weighted by molar-refractivity contribution is 7.08. The Morgan fingerprint density at radius 2 is 2.00 bits per heavy atom. The standard InChI is InChI=1S/C22H19N5O2S/c1-13(28)27(2)21-16(11-23)10-17(12-24-21)25-22(29)20-18(14-8-9-14)19(26-30-20)15-6-4-3-5-7-15/h3-7,10,12,14H,8-9H2,1-2H3,(H,25,29). The topological polar surface area (TPSA) is 99.0 Å². The van der Waals surface area contributed by atoms with Crippen LogP contribution in [0.5, 0.6) is 0 Å². The molecule has 30 heavy (non-hydrogen) atoms. The van der Waals surface area contributed by atoms with E-state index in [1.807, 2.05) is 36.4 Å². The van der Waals surface area contributed by atoms with Gasteiger partial charge in [-0.2, -0.15) is 9.64 Å². The molecular formula is C22H19N5O2S. The summed E-state index contributed by atoms with van der Waals surface area (Å²) in [7, 11) is 1.55. The molecule has 0 aliphatic heterocycles. The van der Waals surface area contributed by atoms with Crippen LogP contribution in [0.1, 0.15) is 46.5 Å². The predicted octanol–water partition coefficient (Wildman–Crippen LogP) is 4.19. The molecule has 2 heterocycles. The van der Waals surface area contributed by atoms with Crippen molar-refractivity contribution in [1.82, 2.24) is 9.36 Å². The van der Waals surface area contributed by atoms with Crippen LogP contribution < -0.4 is 10.2 Å². The second-order valence-corrected chi connectivity index (χ2v) is 7.93. The molecule has 0 radical (unpaired) electrons. The number of carbonyl (C=O) groups is 2. The van der Waals surface area contributed by atoms with Crippen LogP contribution in [0.4, 0.5) is 11.5 Å². The van der Waals surface area contributed by atoms with Crippen molar-refractivity contribution in [2.75, 3.05) is 17.3 Å². The summed E-state index contributed by atoms with van der Waals surface area (Å²) < 4.78 is 4.57. The fourth-order valence-corrected chi connectivity index (χ4v) is 4.11. The minimum Gasteiger partial charge on any atom is -0.320 e. The first-order valence-corrected chi connectivity index (χ1v) is 10.3. The van der Waals surface area contributed by atoms with Gasteiger partial charge in [-0.1, -0.05) is 30.3 Å². The van der Waals surface area contributed by atoms with E-state index < -0.39 is 0 Å². The molecule has 1 aliphatic rings. The highest BCUT2D eigenvalue weighted by atomic mass is 32.1. The summed E-state index contributed by atoms with van der Waals surface area (Å²) in [5.74, 6) is 0.0998. The number of carbonyl (C=O) groups excluding carboxylic acids is 2. The number of nitriles is 1. The van der Waals surface area contributed by atoms with Crippen molar-refractivity contribution in [3.8, 4) is 17.3 Å². The normalized spacial score (nSPS) is 12.8. The molecule has 1 N–H and O–H groups in total. The molecule has 150 valence electrons. The Morgan fingerprint density at radius 3 is 2.63 bits per heavy atom. The van der Waals surface area contributed by atoms with Gasteiger partial charge in [0.1, 0.15) is 10.9 Å². The van der Waals surface area contributed by atoms with Gasteiger partial charge in [0, 0.05) is 25.1 Å². The lowest BCUT2D eigenvalue weighted by Crippen LogP contribution is -2.25. The molecule has 0 saturated heterocycles. The number of aromatic nitrogens is 2. The third-order valence-corrected chi connectivity index (χ3v) is 5.86. The van der Waals surface area contributed by atoms with Crippen molar-refractivity contribution in [3.05, 3.63) is 58.6 Å². The van der Waals surface area contributed by atoms with Crippen molar-refractivity contribution >= 4 is 34.9 Å². The van der Waals surface area contributed by atoms with Gasteiger partial charge in [0.05, 0.1) is 23.1 Å². The number of hydrogen-bond acceptors (Lipinski definition) is 6. The lowest BCUT2D eigenvalue weighted by molar-refractivity contribution is -0.116. The van der Waals surface area contributed by atoms with Crippen molar-refractivity contribution < 1.29 is 9.59 Å². The largest absolute Gasteiger partial charge is 0.320 e. The van der Waals surface area contributed by atoms with E-state index >= 15 is 0 Å². The number of rotatable bonds is 5. The molecule has 2 aromatic heterocycles. The summed E-state index contributed by atoms with van der Waals surface area (Å²) in [5.41, 5.74) is 3.46. The number of nitrogens with one attached hydrogen (secondary N) is 1. The van der Waals surface area contributed by atoms with E-state index in [0.717, 1.165) is 29.7 Å². The van der Waals surface area contributed by atoms with E-state index in [9.17, 15) is 14.9 Å². The zero-order chi connectivity index (χ0) is 21.3. The van der Waals surface area contributed by atoms with Crippen LogP contribution in [0.3, 0.4) is 0 Å². The summed E-state index contributed by atoms with van der Waals surface area (Å²) in [6.07, 6.45) is 3.54. The van der Waals surface area contributed by atoms with Crippen molar-refractivity contribution in [2.45, 2.75) is 25.7 Å². The molecule has 1 aromatic carbocycles. The summed E-state index contributed by atoms with van der Waals surface area (Å²) in [5, 5.41) is 12.3. The number of hydrogen-bond donors (Lipinski definition) is 1. The summed E-state index contributed by atoms with van der Waals surface area (Å²) in [6, 6.07) is 13.4. The minimum absolute atomic E-state index is 0.210. The Morgan fingerprint density at radius 1 is 1.27 bits per heavy atom. The fourth-order valence-electron chi connectivity index (χ4n) is 3.23. The second kappa shape index (κ2) is 8.05. The molecule has 0 atom stereocenters. The average Bonchev–Trinajstić information content (AvgIpc) is 3.51. The van der Waals surface area contributed by atoms with E-state index in [4.69, 9.17) is 0 Å². The van der Waals surface area contributed by atoms with Gasteiger partial charge in [0.15, 0.2) is 5.82 Å². The Bertz CT molecular complexity index is 1160. The van der Waals surface area contributed by atoms with Crippen LogP contribution in [-0.4, -0.2) is 28.2 Å². The van der Waals surface area contributed by atoms with Gasteiger partial charge in [0.25, 0.3) is 5.91 Å². The maximum Gasteiger partial charge on any atom is 0.267 e. The molecule has 1 aliphatic carbocycles. The summed E-state index contributed by atoms with van der Waals surface area (Å²) in [4.78, 5) is 30.7. The molecule has 2 amide bonds. The molecule has 0 bridgehead atoms. The highest BCUT2D eigenvalue weighted by Crippen LogP contribution is 2.47. The van der Waals surface area contributed by atoms with E-state index in [0.29, 0.717) is 16.5 Å². The van der Waals surface area contributed by atoms with Crippen LogP contribution in [0.15, 0.2) is 42.6 Å². The molecule has 3 aromatic rings. The van der Waals surface area contributed by atoms with Crippen LogP contribution in [0.2, 0.25) is 0 Å². The van der Waals surface area contributed by atoms with Gasteiger partial charge in [-0.3, -0.25) is 14.5 Å². The molecule has 1 saturated carbocycles. The smallest absolute Gasteiger partial charge is 0.267 e. The molecule has 7 nitrogen and oxygen atoms in total. The minimum atomic E-state index is -0.269. The number of anilines is 2. The second-order valence-electron chi connectivity index (χ2n) is 7.15. The monoisotopic (exact) mass is 417 g/mol. The fraction of sp³-hybridized carbons (Fsp3) is 0.227. The van der Waals surface area contributed by atoms with Gasteiger partial charge < -0.3 is 5.32 Å². The number of pyridine rings is 1. The summed E-state index contributed by atoms with van der Waals surface area (Å²) >= 11 is 1.19. The molecule has 1 fully saturated rings. The van der Waals surface area contributed by atoms with Crippen molar-refractivity contribution in [1.29, 1.82) is 5.26 Å². The van der Waals surface area contributed by atoms with E-state index in [2.05, 4.69) is 14.7 Å². The zero-order valence-electron chi connectivity index (χ0n) is 16.5. The van der Waals surface area contributed by atoms with Crippen LogP contribution in [0.25, 0.3) is 11.3 Å². The van der Waals surface area contributed by atoms with Crippen molar-refractivity contribution in [3.63, 3.8) is 0 Å². The molecule has 4 rings (SSSR count). The predicted molar refractivity (Wildman–Crippen MR) is 116 cm³/mol. The Hall–Kier alpha value is -3.57. The van der Waals surface area contributed by atoms with E-state index in [1.54, 1.807) is 7.05 Å². The third-order valence-electron chi connectivity index (χ3n) is 5.00. The van der Waals surface area contributed by atoms with E-state index in [1.165, 1.54) is 35.6 Å². The molecule has 0 spiro atoms. The van der Waals surface area contributed by atoms with Gasteiger partial charge in [0.2, 0.25) is 5.91 Å². The lowest BCUT2D eigenvalue weighted by Gasteiger charge is -2.15. The van der Waals surface area contributed by atoms with Gasteiger partial charge in [-0.25, -0.2) is 4.98 Å². The lowest BCUT2D eigenvalue weighted by atomic mass is 10.0. The maximum absolute atomic E-state index is 13.0. The Balaban J connectivity index is 1.63. The maximum atomic E-state index is 13.0. The third kappa shape index (κ3) is 3.80. The van der Waals surface area contributed by atoms with Gasteiger partial charge >= 0.3 is 0 Å². The first-order chi connectivity index (χ1) is 14.5. The highest BCUT2D eigenvalue weighted by Gasteiger charge is 2.33.